The number of benzene rings is 1. The van der Waals surface area contributed by atoms with E-state index in [1.54, 1.807) is 17.0 Å². The molecular formula is C13H17NO4S. The third kappa shape index (κ3) is 2.96. The summed E-state index contributed by atoms with van der Waals surface area (Å²) in [5.41, 5.74) is 0.350. The molecule has 6 heteroatoms. The van der Waals surface area contributed by atoms with E-state index < -0.39 is 9.84 Å². The van der Waals surface area contributed by atoms with Gasteiger partial charge in [-0.25, -0.2) is 8.42 Å². The Labute approximate surface area is 112 Å². The molecule has 0 radical (unpaired) electrons. The van der Waals surface area contributed by atoms with E-state index >= 15 is 0 Å². The molecule has 0 bridgehead atoms. The van der Waals surface area contributed by atoms with Crippen molar-refractivity contribution in [2.24, 2.45) is 0 Å². The van der Waals surface area contributed by atoms with E-state index in [0.29, 0.717) is 12.1 Å². The standard InChI is InChI=1S/C13H17NO4S/c1-19(17,18)12-6-2-4-10(8-12)13(16)14-7-3-5-11(14)9-15/h2,4,6,8,11,15H,3,5,7,9H2,1H3/t11-/m0/s1. The molecule has 1 N–H and O–H groups in total. The molecule has 0 saturated carbocycles. The predicted molar refractivity (Wildman–Crippen MR) is 70.7 cm³/mol. The number of hydrogen-bond donors (Lipinski definition) is 1. The lowest BCUT2D eigenvalue weighted by Gasteiger charge is -2.23. The fourth-order valence-electron chi connectivity index (χ4n) is 2.32. The van der Waals surface area contributed by atoms with Crippen molar-refractivity contribution in [2.45, 2.75) is 23.8 Å². The second-order valence-corrected chi connectivity index (χ2v) is 6.79. The number of aliphatic hydroxyl groups is 1. The zero-order chi connectivity index (χ0) is 14.0. The average Bonchev–Trinajstić information content (AvgIpc) is 2.85. The van der Waals surface area contributed by atoms with Crippen LogP contribution in [0.15, 0.2) is 29.2 Å². The lowest BCUT2D eigenvalue weighted by Crippen LogP contribution is -2.37. The Hall–Kier alpha value is -1.40. The number of carbonyl (C=O) groups is 1. The smallest absolute Gasteiger partial charge is 0.254 e. The lowest BCUT2D eigenvalue weighted by molar-refractivity contribution is 0.0677. The molecule has 1 fully saturated rings. The quantitative estimate of drug-likeness (QED) is 0.885. The normalized spacial score (nSPS) is 19.7. The highest BCUT2D eigenvalue weighted by molar-refractivity contribution is 7.90. The summed E-state index contributed by atoms with van der Waals surface area (Å²) in [6.07, 6.45) is 2.76. The molecule has 0 aromatic heterocycles. The molecule has 1 aliphatic rings. The van der Waals surface area contributed by atoms with Gasteiger partial charge in [-0.3, -0.25) is 4.79 Å². The molecule has 19 heavy (non-hydrogen) atoms. The second-order valence-electron chi connectivity index (χ2n) is 4.78. The number of carbonyl (C=O) groups excluding carboxylic acids is 1. The fraction of sp³-hybridized carbons (Fsp3) is 0.462. The van der Waals surface area contributed by atoms with Crippen molar-refractivity contribution < 1.29 is 18.3 Å². The molecular weight excluding hydrogens is 266 g/mol. The van der Waals surface area contributed by atoms with Gasteiger partial charge in [0, 0.05) is 18.4 Å². The first kappa shape index (κ1) is 14.0. The average molecular weight is 283 g/mol. The summed E-state index contributed by atoms with van der Waals surface area (Å²) in [4.78, 5) is 14.1. The number of likely N-dealkylation sites (tertiary alicyclic amines) is 1. The summed E-state index contributed by atoms with van der Waals surface area (Å²) < 4.78 is 23.0. The number of rotatable bonds is 3. The number of amides is 1. The zero-order valence-corrected chi connectivity index (χ0v) is 11.6. The lowest BCUT2D eigenvalue weighted by atomic mass is 10.2. The molecule has 104 valence electrons. The van der Waals surface area contributed by atoms with E-state index in [4.69, 9.17) is 0 Å². The van der Waals surface area contributed by atoms with E-state index in [1.807, 2.05) is 0 Å². The van der Waals surface area contributed by atoms with E-state index in [-0.39, 0.29) is 23.5 Å². The molecule has 1 aromatic rings. The Bertz CT molecular complexity index is 582. The first-order valence-corrected chi connectivity index (χ1v) is 8.04. The van der Waals surface area contributed by atoms with Crippen molar-refractivity contribution in [3.63, 3.8) is 0 Å². The number of aliphatic hydroxyl groups excluding tert-OH is 1. The van der Waals surface area contributed by atoms with Crippen molar-refractivity contribution in [3.8, 4) is 0 Å². The number of sulfone groups is 1. The van der Waals surface area contributed by atoms with Crippen molar-refractivity contribution >= 4 is 15.7 Å². The van der Waals surface area contributed by atoms with Gasteiger partial charge < -0.3 is 10.0 Å². The van der Waals surface area contributed by atoms with E-state index in [9.17, 15) is 18.3 Å². The van der Waals surface area contributed by atoms with Crippen LogP contribution in [0, 0.1) is 0 Å². The van der Waals surface area contributed by atoms with Crippen LogP contribution in [0.1, 0.15) is 23.2 Å². The zero-order valence-electron chi connectivity index (χ0n) is 10.7. The third-order valence-electron chi connectivity index (χ3n) is 3.36. The molecule has 2 rings (SSSR count). The van der Waals surface area contributed by atoms with Gasteiger partial charge in [0.05, 0.1) is 17.5 Å². The van der Waals surface area contributed by atoms with Gasteiger partial charge >= 0.3 is 0 Å². The van der Waals surface area contributed by atoms with Crippen molar-refractivity contribution in [2.75, 3.05) is 19.4 Å². The van der Waals surface area contributed by atoms with Crippen molar-refractivity contribution in [1.82, 2.24) is 4.90 Å². The number of hydrogen-bond acceptors (Lipinski definition) is 4. The molecule has 0 aliphatic carbocycles. The first-order valence-electron chi connectivity index (χ1n) is 6.15. The Morgan fingerprint density at radius 1 is 1.47 bits per heavy atom. The van der Waals surface area contributed by atoms with E-state index in [0.717, 1.165) is 19.1 Å². The minimum Gasteiger partial charge on any atom is -0.394 e. The molecule has 1 saturated heterocycles. The van der Waals surface area contributed by atoms with E-state index in [2.05, 4.69) is 0 Å². The van der Waals surface area contributed by atoms with Crippen LogP contribution in [0.4, 0.5) is 0 Å². The molecule has 1 aromatic carbocycles. The van der Waals surface area contributed by atoms with Gasteiger partial charge in [0.2, 0.25) is 0 Å². The predicted octanol–water partition coefficient (Wildman–Crippen LogP) is 0.687. The summed E-state index contributed by atoms with van der Waals surface area (Å²) in [7, 11) is -3.32. The van der Waals surface area contributed by atoms with Crippen molar-refractivity contribution in [3.05, 3.63) is 29.8 Å². The van der Waals surface area contributed by atoms with Gasteiger partial charge in [0.25, 0.3) is 5.91 Å². The minimum absolute atomic E-state index is 0.0580. The highest BCUT2D eigenvalue weighted by Crippen LogP contribution is 2.21. The van der Waals surface area contributed by atoms with Crippen LogP contribution in [-0.2, 0) is 9.84 Å². The summed E-state index contributed by atoms with van der Waals surface area (Å²) in [5.74, 6) is -0.220. The summed E-state index contributed by atoms with van der Waals surface area (Å²) in [6.45, 7) is 0.546. The Kier molecular flexibility index (Phi) is 3.91. The summed E-state index contributed by atoms with van der Waals surface area (Å²) >= 11 is 0. The molecule has 1 heterocycles. The highest BCUT2D eigenvalue weighted by atomic mass is 32.2. The Morgan fingerprint density at radius 2 is 2.21 bits per heavy atom. The van der Waals surface area contributed by atoms with Crippen LogP contribution < -0.4 is 0 Å². The largest absolute Gasteiger partial charge is 0.394 e. The monoisotopic (exact) mass is 283 g/mol. The maximum Gasteiger partial charge on any atom is 0.254 e. The summed E-state index contributed by atoms with van der Waals surface area (Å²) in [5, 5.41) is 9.23. The molecule has 0 spiro atoms. The van der Waals surface area contributed by atoms with Gasteiger partial charge in [-0.1, -0.05) is 6.07 Å². The maximum atomic E-state index is 12.3. The first-order chi connectivity index (χ1) is 8.93. The third-order valence-corrected chi connectivity index (χ3v) is 4.47. The van der Waals surface area contributed by atoms with Gasteiger partial charge in [0.15, 0.2) is 9.84 Å². The maximum absolute atomic E-state index is 12.3. The Morgan fingerprint density at radius 3 is 2.84 bits per heavy atom. The van der Waals surface area contributed by atoms with Gasteiger partial charge in [-0.15, -0.1) is 0 Å². The molecule has 0 unspecified atom stereocenters. The number of nitrogens with zero attached hydrogens (tertiary/aromatic N) is 1. The van der Waals surface area contributed by atoms with E-state index in [1.165, 1.54) is 12.1 Å². The fourth-order valence-corrected chi connectivity index (χ4v) is 2.99. The van der Waals surface area contributed by atoms with Crippen molar-refractivity contribution in [1.29, 1.82) is 0 Å². The van der Waals surface area contributed by atoms with Crippen LogP contribution >= 0.6 is 0 Å². The molecule has 5 nitrogen and oxygen atoms in total. The topological polar surface area (TPSA) is 74.7 Å². The van der Waals surface area contributed by atoms with Crippen LogP contribution in [0.2, 0.25) is 0 Å². The van der Waals surface area contributed by atoms with Crippen LogP contribution in [0.25, 0.3) is 0 Å². The Balaban J connectivity index is 2.29. The van der Waals surface area contributed by atoms with Gasteiger partial charge in [-0.2, -0.15) is 0 Å². The molecule has 1 amide bonds. The minimum atomic E-state index is -3.32. The van der Waals surface area contributed by atoms with Crippen LogP contribution in [0.5, 0.6) is 0 Å². The second kappa shape index (κ2) is 5.30. The summed E-state index contributed by atoms with van der Waals surface area (Å²) in [6, 6.07) is 5.87. The van der Waals surface area contributed by atoms with Gasteiger partial charge in [0.1, 0.15) is 0 Å². The van der Waals surface area contributed by atoms with Gasteiger partial charge in [-0.05, 0) is 31.0 Å². The highest BCUT2D eigenvalue weighted by Gasteiger charge is 2.29. The molecule has 1 aliphatic heterocycles. The van der Waals surface area contributed by atoms with Crippen LogP contribution in [0.3, 0.4) is 0 Å². The molecule has 1 atom stereocenters. The van der Waals surface area contributed by atoms with Crippen LogP contribution in [-0.4, -0.2) is 49.8 Å². The SMILES string of the molecule is CS(=O)(=O)c1cccc(C(=O)N2CCC[C@H]2CO)c1.